The topological polar surface area (TPSA) is 153 Å². The fourth-order valence-electron chi connectivity index (χ4n) is 3.96. The zero-order valence-corrected chi connectivity index (χ0v) is 21.7. The van der Waals surface area contributed by atoms with Crippen molar-refractivity contribution in [2.75, 3.05) is 18.9 Å². The number of ether oxygens (including phenoxy) is 1. The first-order valence-electron chi connectivity index (χ1n) is 11.8. The molecule has 2 heterocycles. The Morgan fingerprint density at radius 2 is 1.80 bits per heavy atom. The van der Waals surface area contributed by atoms with E-state index in [1.165, 1.54) is 30.3 Å². The average molecular weight is 578 g/mol. The Morgan fingerprint density at radius 3 is 2.42 bits per heavy atom. The molecule has 0 fully saturated rings. The average Bonchev–Trinajstić information content (AvgIpc) is 3.26. The molecule has 0 unspecified atom stereocenters. The monoisotopic (exact) mass is 577 g/mol. The highest BCUT2D eigenvalue weighted by Gasteiger charge is 2.56. The Balaban J connectivity index is 1.79. The SMILES string of the molecule is CCOc1c(CC(N)=O)cc([C@@](O)(CNC(=O)c2ccc3nc(N)sc3c2)C(F)(F)F)nc1-c1ccc(F)cc1. The van der Waals surface area contributed by atoms with Gasteiger partial charge in [0.1, 0.15) is 17.3 Å². The highest BCUT2D eigenvalue weighted by atomic mass is 32.1. The standard InChI is InChI=1S/C26H23F4N5O4S/c1-2-39-22-15(11-20(31)36)10-19(35-21(22)13-3-6-16(27)7-4-13)25(38,26(28,29)30)12-33-23(37)14-5-8-17-18(9-14)40-24(32)34-17/h3-10,38H,2,11-12H2,1H3,(H2,31,36)(H2,32,34)(H,33,37)/t25-/m0/s1. The number of halogens is 4. The molecule has 2 aromatic heterocycles. The smallest absolute Gasteiger partial charge is 0.424 e. The number of rotatable bonds is 9. The van der Waals surface area contributed by atoms with Gasteiger partial charge in [-0.15, -0.1) is 0 Å². The van der Waals surface area contributed by atoms with Gasteiger partial charge in [-0.25, -0.2) is 14.4 Å². The lowest BCUT2D eigenvalue weighted by Crippen LogP contribution is -2.51. The molecule has 210 valence electrons. The highest BCUT2D eigenvalue weighted by Crippen LogP contribution is 2.42. The molecule has 9 nitrogen and oxygen atoms in total. The largest absolute Gasteiger partial charge is 0.491 e. The first kappa shape index (κ1) is 28.7. The van der Waals surface area contributed by atoms with E-state index < -0.39 is 48.1 Å². The minimum absolute atomic E-state index is 0.0155. The summed E-state index contributed by atoms with van der Waals surface area (Å²) in [5, 5.41) is 13.4. The number of benzene rings is 2. The number of hydrogen-bond acceptors (Lipinski definition) is 8. The van der Waals surface area contributed by atoms with E-state index >= 15 is 0 Å². The number of nitrogens with zero attached hydrogens (tertiary/aromatic N) is 2. The normalized spacial score (nSPS) is 13.2. The molecule has 4 aromatic rings. The Morgan fingerprint density at radius 1 is 1.10 bits per heavy atom. The minimum atomic E-state index is -5.33. The summed E-state index contributed by atoms with van der Waals surface area (Å²) in [5.41, 5.74) is 6.79. The molecule has 14 heteroatoms. The molecule has 2 aromatic carbocycles. The van der Waals surface area contributed by atoms with Crippen LogP contribution in [0.5, 0.6) is 5.75 Å². The molecule has 2 amide bonds. The van der Waals surface area contributed by atoms with Gasteiger partial charge in [-0.3, -0.25) is 9.59 Å². The summed E-state index contributed by atoms with van der Waals surface area (Å²) < 4.78 is 63.1. The number of aromatic nitrogens is 2. The molecule has 0 aliphatic rings. The van der Waals surface area contributed by atoms with Gasteiger partial charge in [-0.2, -0.15) is 13.2 Å². The molecule has 0 aliphatic carbocycles. The molecule has 0 bridgehead atoms. The van der Waals surface area contributed by atoms with Gasteiger partial charge in [-0.05, 0) is 55.5 Å². The van der Waals surface area contributed by atoms with Gasteiger partial charge in [0.25, 0.3) is 5.91 Å². The van der Waals surface area contributed by atoms with Crippen LogP contribution in [0.3, 0.4) is 0 Å². The maximum absolute atomic E-state index is 14.4. The van der Waals surface area contributed by atoms with Crippen molar-refractivity contribution in [2.24, 2.45) is 5.73 Å². The summed E-state index contributed by atoms with van der Waals surface area (Å²) in [7, 11) is 0. The van der Waals surface area contributed by atoms with Crippen LogP contribution in [0.25, 0.3) is 21.5 Å². The van der Waals surface area contributed by atoms with E-state index in [-0.39, 0.29) is 39.9 Å². The fourth-order valence-corrected chi connectivity index (χ4v) is 4.73. The van der Waals surface area contributed by atoms with Crippen LogP contribution < -0.4 is 21.5 Å². The Labute approximate surface area is 228 Å². The summed E-state index contributed by atoms with van der Waals surface area (Å²) in [6, 6.07) is 9.77. The van der Waals surface area contributed by atoms with Crippen LogP contribution in [0.1, 0.15) is 28.5 Å². The summed E-state index contributed by atoms with van der Waals surface area (Å²) in [4.78, 5) is 32.7. The van der Waals surface area contributed by atoms with Gasteiger partial charge in [-0.1, -0.05) is 11.3 Å². The van der Waals surface area contributed by atoms with E-state index in [9.17, 15) is 32.3 Å². The highest BCUT2D eigenvalue weighted by molar-refractivity contribution is 7.22. The summed E-state index contributed by atoms with van der Waals surface area (Å²) in [5.74, 6) is -2.45. The first-order valence-corrected chi connectivity index (χ1v) is 12.6. The third-order valence-electron chi connectivity index (χ3n) is 5.89. The number of carbonyl (C=O) groups is 2. The van der Waals surface area contributed by atoms with Crippen LogP contribution in [-0.2, 0) is 16.8 Å². The van der Waals surface area contributed by atoms with Crippen molar-refractivity contribution >= 4 is 38.5 Å². The number of pyridine rings is 1. The molecule has 0 saturated carbocycles. The number of fused-ring (bicyclic) bond motifs is 1. The third-order valence-corrected chi connectivity index (χ3v) is 6.73. The predicted octanol–water partition coefficient (Wildman–Crippen LogP) is 3.69. The fraction of sp³-hybridized carbons (Fsp3) is 0.231. The number of primary amides is 1. The lowest BCUT2D eigenvalue weighted by atomic mass is 9.93. The van der Waals surface area contributed by atoms with Gasteiger partial charge < -0.3 is 26.6 Å². The maximum Gasteiger partial charge on any atom is 0.424 e. The zero-order valence-electron chi connectivity index (χ0n) is 20.9. The first-order chi connectivity index (χ1) is 18.8. The second-order valence-electron chi connectivity index (χ2n) is 8.70. The molecule has 40 heavy (non-hydrogen) atoms. The van der Waals surface area contributed by atoms with E-state index in [1.54, 1.807) is 6.92 Å². The second kappa shape index (κ2) is 11.1. The number of anilines is 1. The molecule has 0 saturated heterocycles. The van der Waals surface area contributed by atoms with Gasteiger partial charge in [0.15, 0.2) is 5.13 Å². The van der Waals surface area contributed by atoms with E-state index in [4.69, 9.17) is 16.2 Å². The summed E-state index contributed by atoms with van der Waals surface area (Å²) in [6.45, 7) is 0.338. The van der Waals surface area contributed by atoms with Crippen LogP contribution >= 0.6 is 11.3 Å². The maximum atomic E-state index is 14.4. The second-order valence-corrected chi connectivity index (χ2v) is 9.76. The summed E-state index contributed by atoms with van der Waals surface area (Å²) in [6.07, 6.45) is -5.88. The third kappa shape index (κ3) is 5.82. The molecule has 0 radical (unpaired) electrons. The zero-order chi connectivity index (χ0) is 29.2. The van der Waals surface area contributed by atoms with Gasteiger partial charge >= 0.3 is 6.18 Å². The van der Waals surface area contributed by atoms with E-state index in [1.807, 2.05) is 0 Å². The molecule has 1 atom stereocenters. The number of aliphatic hydroxyl groups is 1. The minimum Gasteiger partial charge on any atom is -0.491 e. The van der Waals surface area contributed by atoms with E-state index in [2.05, 4.69) is 15.3 Å². The van der Waals surface area contributed by atoms with Crippen molar-refractivity contribution in [1.82, 2.24) is 15.3 Å². The number of nitrogens with two attached hydrogens (primary N) is 2. The van der Waals surface area contributed by atoms with Crippen LogP contribution in [0.2, 0.25) is 0 Å². The number of nitrogen functional groups attached to an aromatic ring is 1. The van der Waals surface area contributed by atoms with Crippen LogP contribution in [0.4, 0.5) is 22.7 Å². The number of thiazole rings is 1. The number of carbonyl (C=O) groups excluding carboxylic acids is 2. The quantitative estimate of drug-likeness (QED) is 0.221. The lowest BCUT2D eigenvalue weighted by molar-refractivity contribution is -0.265. The van der Waals surface area contributed by atoms with Crippen molar-refractivity contribution in [1.29, 1.82) is 0 Å². The van der Waals surface area contributed by atoms with Crippen LogP contribution in [0, 0.1) is 5.82 Å². The molecular weight excluding hydrogens is 554 g/mol. The number of hydrogen-bond donors (Lipinski definition) is 4. The van der Waals surface area contributed by atoms with Gasteiger partial charge in [0.05, 0.1) is 35.5 Å². The summed E-state index contributed by atoms with van der Waals surface area (Å²) >= 11 is 1.09. The molecule has 4 rings (SSSR count). The predicted molar refractivity (Wildman–Crippen MR) is 140 cm³/mol. The van der Waals surface area contributed by atoms with Gasteiger partial charge in [0, 0.05) is 16.7 Å². The molecule has 0 aliphatic heterocycles. The van der Waals surface area contributed by atoms with Crippen molar-refractivity contribution in [3.63, 3.8) is 0 Å². The van der Waals surface area contributed by atoms with Crippen LogP contribution in [-0.4, -0.2) is 46.2 Å². The van der Waals surface area contributed by atoms with Gasteiger partial charge in [0.2, 0.25) is 11.5 Å². The molecular formula is C26H23F4N5O4S. The number of nitrogens with one attached hydrogen (secondary N) is 1. The van der Waals surface area contributed by atoms with Crippen LogP contribution in [0.15, 0.2) is 48.5 Å². The van der Waals surface area contributed by atoms with Crippen molar-refractivity contribution in [3.8, 4) is 17.0 Å². The van der Waals surface area contributed by atoms with E-state index in [0.717, 1.165) is 29.5 Å². The molecule has 0 spiro atoms. The van der Waals surface area contributed by atoms with Crippen molar-refractivity contribution in [2.45, 2.75) is 25.1 Å². The van der Waals surface area contributed by atoms with Crippen molar-refractivity contribution < 1.29 is 37.0 Å². The van der Waals surface area contributed by atoms with Crippen molar-refractivity contribution in [3.05, 3.63) is 71.2 Å². The Hall–Kier alpha value is -4.30. The number of alkyl halides is 3. The molecule has 6 N–H and O–H groups in total. The lowest BCUT2D eigenvalue weighted by Gasteiger charge is -2.31. The van der Waals surface area contributed by atoms with E-state index in [0.29, 0.717) is 10.2 Å². The Kier molecular flexibility index (Phi) is 7.93. The Bertz CT molecular complexity index is 1580. The number of amides is 2.